The summed E-state index contributed by atoms with van der Waals surface area (Å²) in [6, 6.07) is 20.1. The van der Waals surface area contributed by atoms with E-state index in [4.69, 9.17) is 13.9 Å². The van der Waals surface area contributed by atoms with Crippen molar-refractivity contribution in [3.8, 4) is 5.75 Å². The molecular weight excluding hydrogens is 386 g/mol. The van der Waals surface area contributed by atoms with E-state index in [9.17, 15) is 8.42 Å². The Morgan fingerprint density at radius 2 is 1.76 bits per heavy atom. The topological polar surface area (TPSA) is 65.5 Å². The largest absolute Gasteiger partial charge is 0.489 e. The molecule has 144 valence electrons. The highest BCUT2D eigenvalue weighted by Gasteiger charge is 2.25. The highest BCUT2D eigenvalue weighted by Crippen LogP contribution is 2.38. The summed E-state index contributed by atoms with van der Waals surface area (Å²) in [5.74, 6) is 0.789. The van der Waals surface area contributed by atoms with E-state index < -0.39 is 10.1 Å². The first-order chi connectivity index (χ1) is 14.0. The average Bonchev–Trinajstić information content (AvgIpc) is 2.72. The number of ether oxygens (including phenoxy) is 1. The van der Waals surface area contributed by atoms with E-state index in [1.165, 1.54) is 0 Å². The van der Waals surface area contributed by atoms with Crippen molar-refractivity contribution in [2.45, 2.75) is 11.8 Å². The Bertz CT molecular complexity index is 1390. The Kier molecular flexibility index (Phi) is 4.03. The van der Waals surface area contributed by atoms with Gasteiger partial charge in [-0.05, 0) is 49.4 Å². The molecule has 0 aliphatic carbocycles. The van der Waals surface area contributed by atoms with Crippen molar-refractivity contribution in [3.63, 3.8) is 0 Å². The van der Waals surface area contributed by atoms with Gasteiger partial charge < -0.3 is 8.92 Å². The van der Waals surface area contributed by atoms with E-state index in [2.05, 4.69) is 0 Å². The molecule has 1 aromatic heterocycles. The van der Waals surface area contributed by atoms with Crippen LogP contribution in [-0.4, -0.2) is 20.0 Å². The van der Waals surface area contributed by atoms with Crippen molar-refractivity contribution in [3.05, 3.63) is 83.9 Å². The van der Waals surface area contributed by atoms with E-state index in [1.807, 2.05) is 49.4 Å². The Hall–Kier alpha value is -3.38. The molecule has 0 N–H and O–H groups in total. The molecule has 4 aromatic rings. The molecule has 5 rings (SSSR count). The fourth-order valence-electron chi connectivity index (χ4n) is 3.44. The Balaban J connectivity index is 1.65. The molecule has 3 aromatic carbocycles. The summed E-state index contributed by atoms with van der Waals surface area (Å²) >= 11 is 0. The minimum atomic E-state index is -3.98. The smallest absolute Gasteiger partial charge is 0.339 e. The molecule has 0 fully saturated rings. The SMILES string of the molecule is Cc1ccc(S(=O)(=O)OC2=CCOc3ccc4cc5ccccc5nc4c32)cc1. The maximum Gasteiger partial charge on any atom is 0.339 e. The van der Waals surface area contributed by atoms with Crippen molar-refractivity contribution in [1.29, 1.82) is 0 Å². The van der Waals surface area contributed by atoms with Gasteiger partial charge >= 0.3 is 10.1 Å². The summed E-state index contributed by atoms with van der Waals surface area (Å²) < 4.78 is 37.0. The van der Waals surface area contributed by atoms with Crippen LogP contribution in [0.25, 0.3) is 27.6 Å². The second-order valence-corrected chi connectivity index (χ2v) is 8.47. The zero-order chi connectivity index (χ0) is 20.0. The van der Waals surface area contributed by atoms with Crippen molar-refractivity contribution in [1.82, 2.24) is 4.98 Å². The van der Waals surface area contributed by atoms with E-state index in [-0.39, 0.29) is 17.3 Å². The monoisotopic (exact) mass is 403 g/mol. The summed E-state index contributed by atoms with van der Waals surface area (Å²) in [5, 5.41) is 1.89. The fourth-order valence-corrected chi connectivity index (χ4v) is 4.39. The van der Waals surface area contributed by atoms with Crippen LogP contribution in [0, 0.1) is 6.92 Å². The van der Waals surface area contributed by atoms with Crippen LogP contribution in [-0.2, 0) is 14.3 Å². The third kappa shape index (κ3) is 3.11. The maximum absolute atomic E-state index is 12.8. The van der Waals surface area contributed by atoms with Crippen LogP contribution in [0.3, 0.4) is 0 Å². The predicted octanol–water partition coefficient (Wildman–Crippen LogP) is 4.84. The summed E-state index contributed by atoms with van der Waals surface area (Å²) in [5.41, 5.74) is 2.99. The van der Waals surface area contributed by atoms with Gasteiger partial charge in [0.25, 0.3) is 0 Å². The summed E-state index contributed by atoms with van der Waals surface area (Å²) in [6.07, 6.45) is 1.63. The van der Waals surface area contributed by atoms with Gasteiger partial charge in [-0.3, -0.25) is 0 Å². The Morgan fingerprint density at radius 3 is 2.59 bits per heavy atom. The lowest BCUT2D eigenvalue weighted by molar-refractivity contribution is 0.348. The van der Waals surface area contributed by atoms with E-state index >= 15 is 0 Å². The van der Waals surface area contributed by atoms with Crippen LogP contribution in [0.2, 0.25) is 0 Å². The van der Waals surface area contributed by atoms with Gasteiger partial charge in [0.05, 0.1) is 16.6 Å². The van der Waals surface area contributed by atoms with Crippen LogP contribution >= 0.6 is 0 Å². The first-order valence-corrected chi connectivity index (χ1v) is 10.6. The number of aryl methyl sites for hydroxylation is 1. The van der Waals surface area contributed by atoms with Gasteiger partial charge in [-0.15, -0.1) is 0 Å². The van der Waals surface area contributed by atoms with Crippen LogP contribution in [0.15, 0.2) is 77.7 Å². The van der Waals surface area contributed by atoms with Gasteiger partial charge in [0.1, 0.15) is 17.3 Å². The molecule has 0 spiro atoms. The highest BCUT2D eigenvalue weighted by molar-refractivity contribution is 7.87. The lowest BCUT2D eigenvalue weighted by atomic mass is 10.0. The van der Waals surface area contributed by atoms with Crippen LogP contribution in [0.5, 0.6) is 5.75 Å². The second-order valence-electron chi connectivity index (χ2n) is 6.92. The Morgan fingerprint density at radius 1 is 0.966 bits per heavy atom. The standard InChI is InChI=1S/C23H17NO4S/c1-15-6-9-18(10-7-15)29(25,26)28-21-12-13-27-20-11-8-17-14-16-4-2-3-5-19(16)24-23(17)22(20)21/h2-12,14H,13H2,1H3. The molecule has 0 bridgehead atoms. The number of benzene rings is 3. The molecule has 0 amide bonds. The quantitative estimate of drug-likeness (QED) is 0.362. The molecule has 6 heteroatoms. The van der Waals surface area contributed by atoms with Crippen molar-refractivity contribution < 1.29 is 17.3 Å². The summed E-state index contributed by atoms with van der Waals surface area (Å²) in [4.78, 5) is 4.87. The van der Waals surface area contributed by atoms with Gasteiger partial charge in [-0.25, -0.2) is 4.98 Å². The normalized spacial score (nSPS) is 13.6. The van der Waals surface area contributed by atoms with Crippen LogP contribution in [0.1, 0.15) is 11.1 Å². The van der Waals surface area contributed by atoms with Gasteiger partial charge in [0.2, 0.25) is 0 Å². The number of nitrogens with zero attached hydrogens (tertiary/aromatic N) is 1. The Labute approximate surface area is 168 Å². The molecule has 0 saturated carbocycles. The molecule has 29 heavy (non-hydrogen) atoms. The number of hydrogen-bond donors (Lipinski definition) is 0. The van der Waals surface area contributed by atoms with E-state index in [1.54, 1.807) is 30.3 Å². The van der Waals surface area contributed by atoms with Gasteiger partial charge in [0.15, 0.2) is 5.76 Å². The lowest BCUT2D eigenvalue weighted by Crippen LogP contribution is -2.12. The predicted molar refractivity (Wildman–Crippen MR) is 112 cm³/mol. The maximum atomic E-state index is 12.8. The minimum Gasteiger partial charge on any atom is -0.489 e. The average molecular weight is 403 g/mol. The van der Waals surface area contributed by atoms with E-state index in [0.29, 0.717) is 16.8 Å². The fraction of sp³-hybridized carbons (Fsp3) is 0.0870. The number of para-hydroxylation sites is 1. The number of fused-ring (bicyclic) bond motifs is 4. The summed E-state index contributed by atoms with van der Waals surface area (Å²) in [6.45, 7) is 2.13. The van der Waals surface area contributed by atoms with Gasteiger partial charge in [-0.1, -0.05) is 35.9 Å². The number of rotatable bonds is 3. The van der Waals surface area contributed by atoms with Crippen LogP contribution < -0.4 is 4.74 Å². The lowest BCUT2D eigenvalue weighted by Gasteiger charge is -2.20. The zero-order valence-electron chi connectivity index (χ0n) is 15.6. The molecule has 1 aliphatic rings. The van der Waals surface area contributed by atoms with Crippen molar-refractivity contribution in [2.24, 2.45) is 0 Å². The zero-order valence-corrected chi connectivity index (χ0v) is 16.4. The number of hydrogen-bond acceptors (Lipinski definition) is 5. The molecule has 1 aliphatic heterocycles. The van der Waals surface area contributed by atoms with Crippen molar-refractivity contribution in [2.75, 3.05) is 6.61 Å². The van der Waals surface area contributed by atoms with Gasteiger partial charge in [-0.2, -0.15) is 8.42 Å². The third-order valence-corrected chi connectivity index (χ3v) is 6.16. The number of pyridine rings is 1. The van der Waals surface area contributed by atoms with Crippen LogP contribution in [0.4, 0.5) is 0 Å². The molecule has 0 atom stereocenters. The highest BCUT2D eigenvalue weighted by atomic mass is 32.2. The molecule has 5 nitrogen and oxygen atoms in total. The first-order valence-electron chi connectivity index (χ1n) is 9.18. The third-order valence-electron chi connectivity index (χ3n) is 4.91. The molecule has 0 radical (unpaired) electrons. The molecule has 0 saturated heterocycles. The molecule has 2 heterocycles. The second kappa shape index (κ2) is 6.60. The number of aromatic nitrogens is 1. The van der Waals surface area contributed by atoms with E-state index in [0.717, 1.165) is 21.9 Å². The van der Waals surface area contributed by atoms with Gasteiger partial charge in [0, 0.05) is 10.8 Å². The minimum absolute atomic E-state index is 0.107. The summed E-state index contributed by atoms with van der Waals surface area (Å²) in [7, 11) is -3.98. The molecular formula is C23H17NO4S. The van der Waals surface area contributed by atoms with Crippen molar-refractivity contribution >= 4 is 37.7 Å². The first kappa shape index (κ1) is 17.7. The molecule has 0 unspecified atom stereocenters.